The molecule has 0 aliphatic carbocycles. The molecule has 0 unspecified atom stereocenters. The molecule has 2 aromatic heterocycles. The highest BCUT2D eigenvalue weighted by molar-refractivity contribution is 5.45. The lowest BCUT2D eigenvalue weighted by atomic mass is 9.92. The molecule has 0 spiro atoms. The second-order valence-corrected chi connectivity index (χ2v) is 9.17. The van der Waals surface area contributed by atoms with Crippen LogP contribution in [0.4, 0.5) is 17.6 Å². The highest BCUT2D eigenvalue weighted by Gasteiger charge is 2.25. The smallest absolute Gasteiger partial charge is 0.227 e. The fourth-order valence-corrected chi connectivity index (χ4v) is 4.01. The first-order valence-electron chi connectivity index (χ1n) is 10.9. The zero-order chi connectivity index (χ0) is 21.1. The number of piperidine rings is 1. The van der Waals surface area contributed by atoms with Gasteiger partial charge < -0.3 is 19.4 Å². The fraction of sp³-hybridized carbons (Fsp3) is 0.636. The number of aromatic nitrogens is 4. The number of rotatable bonds is 4. The van der Waals surface area contributed by atoms with Gasteiger partial charge in [0.2, 0.25) is 5.95 Å². The summed E-state index contributed by atoms with van der Waals surface area (Å²) in [4.78, 5) is 16.1. The third-order valence-corrected chi connectivity index (χ3v) is 6.04. The van der Waals surface area contributed by atoms with Gasteiger partial charge in [-0.3, -0.25) is 0 Å². The van der Waals surface area contributed by atoms with Crippen molar-refractivity contribution in [2.75, 3.05) is 61.1 Å². The van der Waals surface area contributed by atoms with Crippen molar-refractivity contribution in [3.63, 3.8) is 0 Å². The highest BCUT2D eigenvalue weighted by Crippen LogP contribution is 2.25. The Labute approximate surface area is 179 Å². The molecule has 2 aliphatic heterocycles. The van der Waals surface area contributed by atoms with Gasteiger partial charge in [0, 0.05) is 50.9 Å². The van der Waals surface area contributed by atoms with Crippen LogP contribution in [0.15, 0.2) is 24.4 Å². The zero-order valence-electron chi connectivity index (χ0n) is 18.6. The van der Waals surface area contributed by atoms with Gasteiger partial charge in [-0.15, -0.1) is 5.10 Å². The molecule has 0 amide bonds. The third-order valence-electron chi connectivity index (χ3n) is 6.04. The monoisotopic (exact) mass is 411 g/mol. The van der Waals surface area contributed by atoms with E-state index in [1.807, 2.05) is 12.3 Å². The number of nitrogens with zero attached hydrogens (tertiary/aromatic N) is 7. The largest absolute Gasteiger partial charge is 0.378 e. The Morgan fingerprint density at radius 2 is 1.70 bits per heavy atom. The summed E-state index contributed by atoms with van der Waals surface area (Å²) in [5.41, 5.74) is 1.06. The molecule has 0 saturated carbocycles. The number of hydrogen-bond donors (Lipinski definition) is 0. The number of ether oxygens (including phenoxy) is 1. The van der Waals surface area contributed by atoms with Crippen LogP contribution >= 0.6 is 0 Å². The molecule has 2 aliphatic rings. The van der Waals surface area contributed by atoms with Gasteiger partial charge in [0.25, 0.3) is 0 Å². The van der Waals surface area contributed by atoms with Gasteiger partial charge in [0.05, 0.1) is 18.9 Å². The van der Waals surface area contributed by atoms with Crippen LogP contribution in [-0.4, -0.2) is 72.6 Å². The minimum Gasteiger partial charge on any atom is -0.378 e. The van der Waals surface area contributed by atoms with Crippen molar-refractivity contribution in [1.29, 1.82) is 0 Å². The molecule has 8 nitrogen and oxygen atoms in total. The zero-order valence-corrected chi connectivity index (χ0v) is 18.6. The van der Waals surface area contributed by atoms with Crippen LogP contribution in [0.5, 0.6) is 0 Å². The molecule has 4 heterocycles. The molecule has 4 rings (SSSR count). The fourth-order valence-electron chi connectivity index (χ4n) is 4.01. The highest BCUT2D eigenvalue weighted by atomic mass is 16.5. The van der Waals surface area contributed by atoms with Crippen LogP contribution in [0, 0.1) is 0 Å². The lowest BCUT2D eigenvalue weighted by Crippen LogP contribution is -2.44. The van der Waals surface area contributed by atoms with Crippen molar-refractivity contribution in [2.45, 2.75) is 45.1 Å². The summed E-state index contributed by atoms with van der Waals surface area (Å²) in [7, 11) is 2.14. The quantitative estimate of drug-likeness (QED) is 0.760. The van der Waals surface area contributed by atoms with Crippen LogP contribution in [-0.2, 0) is 10.2 Å². The molecule has 162 valence electrons. The molecule has 0 aromatic carbocycles. The van der Waals surface area contributed by atoms with Gasteiger partial charge >= 0.3 is 0 Å². The van der Waals surface area contributed by atoms with Crippen molar-refractivity contribution < 1.29 is 4.74 Å². The van der Waals surface area contributed by atoms with Crippen molar-refractivity contribution >= 4 is 17.6 Å². The van der Waals surface area contributed by atoms with Gasteiger partial charge in [-0.1, -0.05) is 20.8 Å². The van der Waals surface area contributed by atoms with E-state index in [-0.39, 0.29) is 5.41 Å². The Morgan fingerprint density at radius 3 is 2.33 bits per heavy atom. The Morgan fingerprint density at radius 1 is 0.967 bits per heavy atom. The van der Waals surface area contributed by atoms with Gasteiger partial charge in [-0.25, -0.2) is 4.98 Å². The molecular weight excluding hydrogens is 378 g/mol. The number of morpholine rings is 1. The van der Waals surface area contributed by atoms with E-state index in [0.717, 1.165) is 75.5 Å². The van der Waals surface area contributed by atoms with Crippen molar-refractivity contribution in [3.05, 3.63) is 30.1 Å². The summed E-state index contributed by atoms with van der Waals surface area (Å²) in [6.45, 7) is 11.6. The van der Waals surface area contributed by atoms with E-state index in [0.29, 0.717) is 6.04 Å². The molecular formula is C22H33N7O. The van der Waals surface area contributed by atoms with Crippen LogP contribution in [0.1, 0.15) is 39.3 Å². The lowest BCUT2D eigenvalue weighted by molar-refractivity contribution is 0.122. The van der Waals surface area contributed by atoms with Crippen molar-refractivity contribution in [2.24, 2.45) is 0 Å². The molecule has 0 N–H and O–H groups in total. The molecule has 2 fully saturated rings. The van der Waals surface area contributed by atoms with E-state index >= 15 is 0 Å². The van der Waals surface area contributed by atoms with Crippen LogP contribution < -0.4 is 14.7 Å². The molecule has 8 heteroatoms. The van der Waals surface area contributed by atoms with Gasteiger partial charge in [-0.2, -0.15) is 10.1 Å². The van der Waals surface area contributed by atoms with Crippen LogP contribution in [0.2, 0.25) is 0 Å². The van der Waals surface area contributed by atoms with E-state index in [1.54, 1.807) is 0 Å². The average molecular weight is 412 g/mol. The Hall–Kier alpha value is -2.48. The maximum atomic E-state index is 5.44. The lowest BCUT2D eigenvalue weighted by Gasteiger charge is -2.38. The second-order valence-electron chi connectivity index (χ2n) is 9.17. The summed E-state index contributed by atoms with van der Waals surface area (Å²) in [5, 5.41) is 8.93. The average Bonchev–Trinajstić information content (AvgIpc) is 2.79. The topological polar surface area (TPSA) is 70.5 Å². The Bertz CT molecular complexity index is 822. The molecule has 2 aromatic rings. The van der Waals surface area contributed by atoms with Crippen molar-refractivity contribution in [3.8, 4) is 0 Å². The maximum absolute atomic E-state index is 5.44. The number of hydrogen-bond acceptors (Lipinski definition) is 8. The van der Waals surface area contributed by atoms with Crippen LogP contribution in [0.3, 0.4) is 0 Å². The first-order chi connectivity index (χ1) is 14.4. The predicted octanol–water partition coefficient (Wildman–Crippen LogP) is 2.51. The minimum atomic E-state index is 0.0266. The maximum Gasteiger partial charge on any atom is 0.227 e. The molecule has 0 atom stereocenters. The minimum absolute atomic E-state index is 0.0266. The van der Waals surface area contributed by atoms with E-state index in [4.69, 9.17) is 9.72 Å². The molecule has 0 bridgehead atoms. The number of anilines is 3. The standard InChI is InChI=1S/C22H33N7O/c1-22(2,3)18-5-6-20(26-25-18)28-11-8-17(9-12-28)27(4)19-7-10-23-21(24-19)29-13-15-30-16-14-29/h5-7,10,17H,8-9,11-16H2,1-4H3. The summed E-state index contributed by atoms with van der Waals surface area (Å²) in [5.74, 6) is 2.76. The summed E-state index contributed by atoms with van der Waals surface area (Å²) in [6, 6.07) is 6.67. The molecule has 30 heavy (non-hydrogen) atoms. The Kier molecular flexibility index (Phi) is 6.04. The third kappa shape index (κ3) is 4.64. The van der Waals surface area contributed by atoms with E-state index in [2.05, 4.69) is 69.8 Å². The van der Waals surface area contributed by atoms with Gasteiger partial charge in [-0.05, 0) is 31.0 Å². The SMILES string of the molecule is CN(c1ccnc(N2CCOCC2)n1)C1CCN(c2ccc(C(C)(C)C)nn2)CC1. The molecule has 2 saturated heterocycles. The predicted molar refractivity (Wildman–Crippen MR) is 119 cm³/mol. The van der Waals surface area contributed by atoms with Gasteiger partial charge in [0.15, 0.2) is 5.82 Å². The van der Waals surface area contributed by atoms with E-state index in [1.165, 1.54) is 0 Å². The first-order valence-corrected chi connectivity index (χ1v) is 10.9. The molecule has 0 radical (unpaired) electrons. The van der Waals surface area contributed by atoms with E-state index < -0.39 is 0 Å². The van der Waals surface area contributed by atoms with Crippen molar-refractivity contribution in [1.82, 2.24) is 20.2 Å². The van der Waals surface area contributed by atoms with E-state index in [9.17, 15) is 0 Å². The second kappa shape index (κ2) is 8.71. The summed E-state index contributed by atoms with van der Waals surface area (Å²) in [6.07, 6.45) is 4.00. The normalized spacial score (nSPS) is 18.5. The first kappa shape index (κ1) is 20.8. The summed E-state index contributed by atoms with van der Waals surface area (Å²) < 4.78 is 5.44. The Balaban J connectivity index is 1.37. The summed E-state index contributed by atoms with van der Waals surface area (Å²) >= 11 is 0. The van der Waals surface area contributed by atoms with Gasteiger partial charge in [0.1, 0.15) is 5.82 Å². The van der Waals surface area contributed by atoms with Crippen LogP contribution in [0.25, 0.3) is 0 Å².